The number of nitrogens with zero attached hydrogens (tertiary/aromatic N) is 2. The molecule has 0 spiro atoms. The van der Waals surface area contributed by atoms with Crippen LogP contribution in [0.5, 0.6) is 0 Å². The van der Waals surface area contributed by atoms with Crippen LogP contribution in [0.3, 0.4) is 0 Å². The number of nitrogens with one attached hydrogen (secondary N) is 2. The van der Waals surface area contributed by atoms with Gasteiger partial charge in [0, 0.05) is 75.3 Å². The first-order valence-corrected chi connectivity index (χ1v) is 12.6. The lowest BCUT2D eigenvalue weighted by atomic mass is 10.0. The summed E-state index contributed by atoms with van der Waals surface area (Å²) in [6.07, 6.45) is 7.78. The van der Waals surface area contributed by atoms with E-state index in [4.69, 9.17) is 11.6 Å². The molecule has 5 nitrogen and oxygen atoms in total. The van der Waals surface area contributed by atoms with Crippen LogP contribution in [-0.2, 0) is 13.0 Å². The lowest BCUT2D eigenvalue weighted by Gasteiger charge is -2.10. The average Bonchev–Trinajstić information content (AvgIpc) is 3.20. The Kier molecular flexibility index (Phi) is 6.45. The third kappa shape index (κ3) is 4.88. The highest BCUT2D eigenvalue weighted by Crippen LogP contribution is 2.29. The Morgan fingerprint density at radius 1 is 1.14 bits per heavy atom. The van der Waals surface area contributed by atoms with Crippen LogP contribution in [0.4, 0.5) is 4.39 Å². The van der Waals surface area contributed by atoms with Crippen molar-refractivity contribution in [3.63, 3.8) is 0 Å². The fourth-order valence-electron chi connectivity index (χ4n) is 4.16. The molecule has 3 aromatic heterocycles. The molecule has 0 unspecified atom stereocenters. The average molecular weight is 505 g/mol. The number of aromatic nitrogens is 3. The molecule has 5 rings (SSSR count). The van der Waals surface area contributed by atoms with Gasteiger partial charge in [-0.25, -0.2) is 4.39 Å². The number of hydrogen-bond donors (Lipinski definition) is 2. The van der Waals surface area contributed by atoms with Gasteiger partial charge in [-0.05, 0) is 60.5 Å². The van der Waals surface area contributed by atoms with E-state index in [1.165, 1.54) is 6.07 Å². The Hall–Kier alpha value is -3.42. The van der Waals surface area contributed by atoms with Crippen molar-refractivity contribution in [2.75, 3.05) is 6.26 Å². The van der Waals surface area contributed by atoms with Gasteiger partial charge in [-0.2, -0.15) is 0 Å². The molecule has 8 heteroatoms. The number of halogens is 2. The lowest BCUT2D eigenvalue weighted by Crippen LogP contribution is -2.23. The maximum atomic E-state index is 14.5. The second-order valence-electron chi connectivity index (χ2n) is 8.37. The van der Waals surface area contributed by atoms with Gasteiger partial charge in [-0.15, -0.1) is 11.8 Å². The van der Waals surface area contributed by atoms with E-state index in [1.807, 2.05) is 19.4 Å². The number of amides is 1. The van der Waals surface area contributed by atoms with Crippen molar-refractivity contribution in [2.45, 2.75) is 24.8 Å². The number of benzene rings is 2. The van der Waals surface area contributed by atoms with Crippen LogP contribution in [0, 0.1) is 12.7 Å². The third-order valence-corrected chi connectivity index (χ3v) is 7.01. The number of hydrogen-bond acceptors (Lipinski definition) is 4. The number of pyridine rings is 2. The molecule has 1 amide bonds. The molecule has 5 aromatic rings. The Bertz CT molecular complexity index is 1580. The van der Waals surface area contributed by atoms with Crippen molar-refractivity contribution in [1.82, 2.24) is 20.3 Å². The first kappa shape index (κ1) is 23.3. The van der Waals surface area contributed by atoms with Gasteiger partial charge in [-0.1, -0.05) is 17.7 Å². The molecule has 2 N–H and O–H groups in total. The van der Waals surface area contributed by atoms with Gasteiger partial charge < -0.3 is 10.3 Å². The molecule has 0 fully saturated rings. The van der Waals surface area contributed by atoms with Gasteiger partial charge in [0.25, 0.3) is 5.91 Å². The summed E-state index contributed by atoms with van der Waals surface area (Å²) in [6, 6.07) is 12.8. The molecule has 0 saturated carbocycles. The van der Waals surface area contributed by atoms with Crippen LogP contribution < -0.4 is 5.32 Å². The van der Waals surface area contributed by atoms with Crippen LogP contribution in [-0.4, -0.2) is 27.1 Å². The Morgan fingerprint density at radius 2 is 2.00 bits per heavy atom. The molecule has 35 heavy (non-hydrogen) atoms. The minimum absolute atomic E-state index is 0.0505. The summed E-state index contributed by atoms with van der Waals surface area (Å²) < 4.78 is 14.5. The van der Waals surface area contributed by atoms with E-state index in [2.05, 4.69) is 38.5 Å². The second kappa shape index (κ2) is 9.68. The van der Waals surface area contributed by atoms with Gasteiger partial charge in [0.1, 0.15) is 5.82 Å². The molecule has 176 valence electrons. The number of aryl methyl sites for hydroxylation is 1. The van der Waals surface area contributed by atoms with Gasteiger partial charge in [0.15, 0.2) is 0 Å². The quantitative estimate of drug-likeness (QED) is 0.260. The zero-order chi connectivity index (χ0) is 24.5. The van der Waals surface area contributed by atoms with Crippen molar-refractivity contribution in [2.24, 2.45) is 0 Å². The highest BCUT2D eigenvalue weighted by atomic mass is 35.5. The summed E-state index contributed by atoms with van der Waals surface area (Å²) in [4.78, 5) is 25.8. The zero-order valence-corrected chi connectivity index (χ0v) is 20.7. The second-order valence-corrected chi connectivity index (χ2v) is 9.62. The summed E-state index contributed by atoms with van der Waals surface area (Å²) >= 11 is 7.83. The number of H-pyrrole nitrogens is 1. The maximum absolute atomic E-state index is 14.5. The molecular formula is C27H22ClFN4OS. The van der Waals surface area contributed by atoms with Crippen molar-refractivity contribution >= 4 is 50.9 Å². The van der Waals surface area contributed by atoms with Crippen molar-refractivity contribution in [3.8, 4) is 0 Å². The Morgan fingerprint density at radius 3 is 2.83 bits per heavy atom. The fourth-order valence-corrected chi connectivity index (χ4v) is 5.03. The van der Waals surface area contributed by atoms with Crippen molar-refractivity contribution < 1.29 is 9.18 Å². The highest BCUT2D eigenvalue weighted by molar-refractivity contribution is 7.98. The SMILES string of the molecule is CSc1cc(Cc2cc(C(=O)NCc3cc4c(Cl)c[nH]c4cc3F)ccn2)cc2cc(C)ncc12. The number of carbonyl (C=O) groups excluding carboxylic acids is 1. The smallest absolute Gasteiger partial charge is 0.251 e. The normalized spacial score (nSPS) is 11.3. The van der Waals surface area contributed by atoms with Gasteiger partial charge >= 0.3 is 0 Å². The Balaban J connectivity index is 1.34. The number of rotatable bonds is 6. The summed E-state index contributed by atoms with van der Waals surface area (Å²) in [5.41, 5.74) is 4.31. The lowest BCUT2D eigenvalue weighted by molar-refractivity contribution is 0.0950. The van der Waals surface area contributed by atoms with E-state index in [1.54, 1.807) is 42.4 Å². The molecule has 2 aromatic carbocycles. The van der Waals surface area contributed by atoms with Crippen LogP contribution in [0.2, 0.25) is 5.02 Å². The summed E-state index contributed by atoms with van der Waals surface area (Å²) in [7, 11) is 0. The molecule has 0 saturated heterocycles. The van der Waals surface area contributed by atoms with Crippen LogP contribution >= 0.6 is 23.4 Å². The summed E-state index contributed by atoms with van der Waals surface area (Å²) in [6.45, 7) is 2.03. The minimum atomic E-state index is -0.405. The predicted molar refractivity (Wildman–Crippen MR) is 140 cm³/mol. The highest BCUT2D eigenvalue weighted by Gasteiger charge is 2.13. The van der Waals surface area contributed by atoms with Crippen molar-refractivity contribution in [1.29, 1.82) is 0 Å². The molecule has 0 radical (unpaired) electrons. The van der Waals surface area contributed by atoms with E-state index in [-0.39, 0.29) is 12.5 Å². The van der Waals surface area contributed by atoms with E-state index in [0.717, 1.165) is 38.0 Å². The van der Waals surface area contributed by atoms with E-state index < -0.39 is 5.82 Å². The number of aromatic amines is 1. The van der Waals surface area contributed by atoms with E-state index >= 15 is 0 Å². The van der Waals surface area contributed by atoms with Crippen LogP contribution in [0.15, 0.2) is 66.0 Å². The topological polar surface area (TPSA) is 70.7 Å². The Labute approximate surface area is 211 Å². The fraction of sp³-hybridized carbons (Fsp3) is 0.148. The van der Waals surface area contributed by atoms with E-state index in [9.17, 15) is 9.18 Å². The molecule has 0 atom stereocenters. The zero-order valence-electron chi connectivity index (χ0n) is 19.2. The van der Waals surface area contributed by atoms with Crippen LogP contribution in [0.25, 0.3) is 21.7 Å². The van der Waals surface area contributed by atoms with Gasteiger partial charge in [-0.3, -0.25) is 14.8 Å². The van der Waals surface area contributed by atoms with Gasteiger partial charge in [0.2, 0.25) is 0 Å². The summed E-state index contributed by atoms with van der Waals surface area (Å²) in [5, 5.41) is 6.29. The number of thioether (sulfide) groups is 1. The third-order valence-electron chi connectivity index (χ3n) is 5.92. The number of fused-ring (bicyclic) bond motifs is 2. The molecule has 0 aliphatic heterocycles. The van der Waals surface area contributed by atoms with Crippen molar-refractivity contribution in [3.05, 3.63) is 100.0 Å². The standard InChI is InChI=1S/C27H22ClFN4OS/c1-15-5-18-6-16(8-26(35-2)22(18)13-31-15)7-20-9-17(3-4-30-20)27(34)33-12-19-10-21-23(28)14-32-25(21)11-24(19)29/h3-6,8-11,13-14,32H,7,12H2,1-2H3,(H,33,34). The van der Waals surface area contributed by atoms with E-state index in [0.29, 0.717) is 28.1 Å². The number of carbonyl (C=O) groups is 1. The molecule has 0 bridgehead atoms. The molecule has 0 aliphatic carbocycles. The summed E-state index contributed by atoms with van der Waals surface area (Å²) in [5.74, 6) is -0.698. The monoisotopic (exact) mass is 504 g/mol. The maximum Gasteiger partial charge on any atom is 0.251 e. The molecule has 3 heterocycles. The minimum Gasteiger partial charge on any atom is -0.360 e. The van der Waals surface area contributed by atoms with Crippen LogP contribution in [0.1, 0.15) is 32.9 Å². The largest absolute Gasteiger partial charge is 0.360 e. The first-order chi connectivity index (χ1) is 16.9. The molecule has 0 aliphatic rings. The first-order valence-electron chi connectivity index (χ1n) is 11.0. The molecular weight excluding hydrogens is 483 g/mol. The predicted octanol–water partition coefficient (Wildman–Crippen LogP) is 6.45. The van der Waals surface area contributed by atoms with Gasteiger partial charge in [0.05, 0.1) is 5.02 Å².